The van der Waals surface area contributed by atoms with Crippen LogP contribution in [0.4, 0.5) is 5.69 Å². The largest absolute Gasteiger partial charge is 0.489 e. The zero-order chi connectivity index (χ0) is 30.6. The third-order valence-corrected chi connectivity index (χ3v) is 7.27. The van der Waals surface area contributed by atoms with E-state index in [0.29, 0.717) is 59.5 Å². The van der Waals surface area contributed by atoms with Gasteiger partial charge in [0, 0.05) is 35.8 Å². The summed E-state index contributed by atoms with van der Waals surface area (Å²) >= 11 is 0. The van der Waals surface area contributed by atoms with Crippen molar-refractivity contribution >= 4 is 17.6 Å². The summed E-state index contributed by atoms with van der Waals surface area (Å²) in [6, 6.07) is 19.7. The molecule has 1 aliphatic rings. The molecule has 1 atom stereocenters. The first-order chi connectivity index (χ1) is 20.6. The first-order valence-corrected chi connectivity index (χ1v) is 14.0. The van der Waals surface area contributed by atoms with E-state index in [1.807, 2.05) is 51.1 Å². The Hall–Kier alpha value is -4.74. The Labute approximate surface area is 249 Å². The highest BCUT2D eigenvalue weighted by Gasteiger charge is 2.27. The Balaban J connectivity index is 1.24. The molecule has 1 aromatic heterocycles. The molecule has 4 N–H and O–H groups in total. The van der Waals surface area contributed by atoms with E-state index in [4.69, 9.17) is 9.47 Å². The number of carbonyl (C=O) groups excluding carboxylic acids is 1. The smallest absolute Gasteiger partial charge is 0.335 e. The van der Waals surface area contributed by atoms with Crippen molar-refractivity contribution in [2.45, 2.75) is 52.0 Å². The monoisotopic (exact) mass is 585 g/mol. The number of fused-ring (bicyclic) bond motifs is 1. The van der Waals surface area contributed by atoms with E-state index in [2.05, 4.69) is 20.7 Å². The number of hydrogen-bond acceptors (Lipinski definition) is 8. The number of carboxylic acids is 1. The fraction of sp³-hybridized carbons (Fsp3) is 0.312. The number of anilines is 1. The number of carbonyl (C=O) groups is 2. The van der Waals surface area contributed by atoms with Crippen molar-refractivity contribution in [1.82, 2.24) is 20.1 Å². The van der Waals surface area contributed by atoms with Gasteiger partial charge in [-0.3, -0.25) is 4.79 Å². The van der Waals surface area contributed by atoms with Gasteiger partial charge in [-0.15, -0.1) is 0 Å². The molecule has 0 saturated heterocycles. The van der Waals surface area contributed by atoms with Crippen molar-refractivity contribution in [3.05, 3.63) is 89.2 Å². The number of aryl methyl sites for hydroxylation is 2. The molecule has 11 nitrogen and oxygen atoms in total. The highest BCUT2D eigenvalue weighted by atomic mass is 16.5. The van der Waals surface area contributed by atoms with Gasteiger partial charge >= 0.3 is 5.97 Å². The van der Waals surface area contributed by atoms with Gasteiger partial charge in [0.25, 0.3) is 5.91 Å². The van der Waals surface area contributed by atoms with Crippen LogP contribution in [0.3, 0.4) is 0 Å². The molecule has 0 bridgehead atoms. The molecule has 0 spiro atoms. The number of benzene rings is 3. The van der Waals surface area contributed by atoms with Gasteiger partial charge in [-0.05, 0) is 51.0 Å². The van der Waals surface area contributed by atoms with E-state index in [9.17, 15) is 19.8 Å². The number of aromatic carboxylic acids is 1. The summed E-state index contributed by atoms with van der Waals surface area (Å²) in [7, 11) is 0. The van der Waals surface area contributed by atoms with Crippen LogP contribution >= 0.6 is 0 Å². The van der Waals surface area contributed by atoms with Gasteiger partial charge in [0.15, 0.2) is 12.4 Å². The Morgan fingerprint density at radius 1 is 1.16 bits per heavy atom. The third-order valence-electron chi connectivity index (χ3n) is 7.27. The molecule has 1 amide bonds. The van der Waals surface area contributed by atoms with E-state index in [0.717, 1.165) is 5.56 Å². The number of carboxylic acid groups (broad SMARTS) is 1. The maximum Gasteiger partial charge on any atom is 0.335 e. The highest BCUT2D eigenvalue weighted by Crippen LogP contribution is 2.39. The lowest BCUT2D eigenvalue weighted by atomic mass is 9.99. The van der Waals surface area contributed by atoms with Crippen molar-refractivity contribution < 1.29 is 29.3 Å². The van der Waals surface area contributed by atoms with E-state index in [1.54, 1.807) is 35.0 Å². The number of nitrogens with one attached hydrogen (secondary N) is 2. The average Bonchev–Trinajstić information content (AvgIpc) is 3.38. The number of hydrogen-bond donors (Lipinski definition) is 4. The number of aromatic nitrogens is 3. The molecular formula is C32H35N5O6. The van der Waals surface area contributed by atoms with Crippen LogP contribution in [0.15, 0.2) is 66.7 Å². The minimum atomic E-state index is -1.00. The summed E-state index contributed by atoms with van der Waals surface area (Å²) in [6.45, 7) is 6.92. The maximum absolute atomic E-state index is 12.0. The van der Waals surface area contributed by atoms with Crippen LogP contribution in [0.2, 0.25) is 0 Å². The van der Waals surface area contributed by atoms with Crippen molar-refractivity contribution in [3.63, 3.8) is 0 Å². The van der Waals surface area contributed by atoms with E-state index in [1.165, 1.54) is 6.07 Å². The molecule has 224 valence electrons. The third kappa shape index (κ3) is 7.37. The molecule has 4 aromatic rings. The topological polar surface area (TPSA) is 148 Å². The number of amides is 1. The van der Waals surface area contributed by atoms with Crippen LogP contribution in [0.25, 0.3) is 11.4 Å². The summed E-state index contributed by atoms with van der Waals surface area (Å²) in [4.78, 5) is 27.9. The summed E-state index contributed by atoms with van der Waals surface area (Å²) in [5, 5.41) is 31.4. The average molecular weight is 586 g/mol. The fourth-order valence-electron chi connectivity index (χ4n) is 4.78. The second-order valence-electron chi connectivity index (χ2n) is 11.1. The summed E-state index contributed by atoms with van der Waals surface area (Å²) in [5.41, 5.74) is 2.40. The van der Waals surface area contributed by atoms with Gasteiger partial charge in [0.1, 0.15) is 23.9 Å². The Bertz CT molecular complexity index is 1620. The first-order valence-electron chi connectivity index (χ1n) is 14.0. The number of rotatable bonds is 12. The molecule has 0 aliphatic carbocycles. The van der Waals surface area contributed by atoms with Crippen molar-refractivity contribution in [3.8, 4) is 22.9 Å². The van der Waals surface area contributed by atoms with Gasteiger partial charge in [0.2, 0.25) is 0 Å². The Kier molecular flexibility index (Phi) is 8.74. The van der Waals surface area contributed by atoms with Gasteiger partial charge in [0.05, 0.1) is 17.4 Å². The number of β-amino-alcohol motifs (C(OH)–C–C–N with tert-alkyl or cyclic N) is 1. The summed E-state index contributed by atoms with van der Waals surface area (Å²) < 4.78 is 13.5. The zero-order valence-corrected chi connectivity index (χ0v) is 24.3. The fourth-order valence-corrected chi connectivity index (χ4v) is 4.78. The Morgan fingerprint density at radius 2 is 1.95 bits per heavy atom. The normalized spacial score (nSPS) is 13.5. The van der Waals surface area contributed by atoms with Crippen LogP contribution in [0.5, 0.6) is 11.5 Å². The number of aliphatic hydroxyl groups is 1. The van der Waals surface area contributed by atoms with Gasteiger partial charge in [-0.2, -0.15) is 5.10 Å². The minimum Gasteiger partial charge on any atom is -0.489 e. The number of ether oxygens (including phenoxy) is 2. The second-order valence-corrected chi connectivity index (χ2v) is 11.1. The Morgan fingerprint density at radius 3 is 2.72 bits per heavy atom. The molecule has 5 rings (SSSR count). The van der Waals surface area contributed by atoms with Crippen LogP contribution in [-0.2, 0) is 17.9 Å². The predicted octanol–water partition coefficient (Wildman–Crippen LogP) is 4.35. The maximum atomic E-state index is 12.0. The lowest BCUT2D eigenvalue weighted by Crippen LogP contribution is -2.42. The van der Waals surface area contributed by atoms with Crippen LogP contribution < -0.4 is 20.1 Å². The molecule has 43 heavy (non-hydrogen) atoms. The SMILES string of the molecule is Cc1nc(-c2cccc(C(=O)O)c2)nn1CCC(C)(C)NCC(O)c1cc(OCc2ccccc2)cc2c1OCC(=O)N2. The quantitative estimate of drug-likeness (QED) is 0.190. The van der Waals surface area contributed by atoms with E-state index in [-0.39, 0.29) is 30.2 Å². The van der Waals surface area contributed by atoms with Gasteiger partial charge < -0.3 is 30.3 Å². The molecule has 0 radical (unpaired) electrons. The van der Waals surface area contributed by atoms with Crippen LogP contribution in [0.1, 0.15) is 53.7 Å². The molecular weight excluding hydrogens is 550 g/mol. The van der Waals surface area contributed by atoms with E-state index < -0.39 is 12.1 Å². The van der Waals surface area contributed by atoms with Crippen LogP contribution in [-0.4, -0.2) is 55.5 Å². The van der Waals surface area contributed by atoms with Crippen molar-refractivity contribution in [1.29, 1.82) is 0 Å². The zero-order valence-electron chi connectivity index (χ0n) is 24.3. The molecule has 1 aliphatic heterocycles. The molecule has 11 heteroatoms. The number of aliphatic hydroxyl groups excluding tert-OH is 1. The van der Waals surface area contributed by atoms with E-state index >= 15 is 0 Å². The molecule has 1 unspecified atom stereocenters. The molecule has 0 saturated carbocycles. The molecule has 2 heterocycles. The first kappa shape index (κ1) is 29.7. The second kappa shape index (κ2) is 12.6. The molecule has 0 fully saturated rings. The lowest BCUT2D eigenvalue weighted by Gasteiger charge is -2.29. The lowest BCUT2D eigenvalue weighted by molar-refractivity contribution is -0.118. The van der Waals surface area contributed by atoms with Gasteiger partial charge in [-0.25, -0.2) is 14.5 Å². The summed E-state index contributed by atoms with van der Waals surface area (Å²) in [5.74, 6) is 0.840. The molecule has 3 aromatic carbocycles. The van der Waals surface area contributed by atoms with Crippen molar-refractivity contribution in [2.24, 2.45) is 0 Å². The predicted molar refractivity (Wildman–Crippen MR) is 160 cm³/mol. The highest BCUT2D eigenvalue weighted by molar-refractivity contribution is 5.96. The van der Waals surface area contributed by atoms with Crippen molar-refractivity contribution in [2.75, 3.05) is 18.5 Å². The summed E-state index contributed by atoms with van der Waals surface area (Å²) in [6.07, 6.45) is -0.270. The van der Waals surface area contributed by atoms with Gasteiger partial charge in [-0.1, -0.05) is 42.5 Å². The minimum absolute atomic E-state index is 0.129. The number of nitrogens with zero attached hydrogens (tertiary/aromatic N) is 3. The van der Waals surface area contributed by atoms with Crippen LogP contribution in [0, 0.1) is 6.92 Å². The standard InChI is InChI=1S/C32H35N5O6/c1-20-34-30(22-10-7-11-23(14-22)31(40)41)36-37(20)13-12-32(2,3)33-17-27(38)25-15-24(42-18-21-8-5-4-6-9-21)16-26-29(25)43-19-28(39)35-26/h4-11,14-16,27,33,38H,12-13,17-19H2,1-3H3,(H,35,39)(H,40,41).